The van der Waals surface area contributed by atoms with E-state index in [1.807, 2.05) is 67.3 Å². The molecule has 1 aliphatic rings. The monoisotopic (exact) mass is 544 g/mol. The number of alkyl halides is 3. The first kappa shape index (κ1) is 28.1. The number of aliphatic hydroxyl groups is 1. The summed E-state index contributed by atoms with van der Waals surface area (Å²) in [5.74, 6) is -0.233. The molecule has 4 rings (SSSR count). The highest BCUT2D eigenvalue weighted by molar-refractivity contribution is 6.31. The molecule has 0 spiro atoms. The van der Waals surface area contributed by atoms with Crippen LogP contribution in [0, 0.1) is 13.8 Å². The zero-order valence-electron chi connectivity index (χ0n) is 21.5. The van der Waals surface area contributed by atoms with Gasteiger partial charge in [0.15, 0.2) is 0 Å². The van der Waals surface area contributed by atoms with Crippen LogP contribution in [0.25, 0.3) is 0 Å². The molecule has 3 aromatic carbocycles. The van der Waals surface area contributed by atoms with Crippen LogP contribution in [0.5, 0.6) is 0 Å². The summed E-state index contributed by atoms with van der Waals surface area (Å²) in [6.45, 7) is 5.28. The number of amides is 1. The van der Waals surface area contributed by atoms with Crippen molar-refractivity contribution in [1.29, 1.82) is 0 Å². The van der Waals surface area contributed by atoms with Gasteiger partial charge >= 0.3 is 6.18 Å². The molecule has 2 unspecified atom stereocenters. The molecule has 0 bridgehead atoms. The lowest BCUT2D eigenvalue weighted by molar-refractivity contribution is -0.137. The number of benzene rings is 3. The second kappa shape index (κ2) is 11.9. The number of aryl methyl sites for hydroxylation is 2. The first-order chi connectivity index (χ1) is 18.0. The Bertz CT molecular complexity index is 1190. The van der Waals surface area contributed by atoms with Gasteiger partial charge in [-0.05, 0) is 81.7 Å². The molecular weight excluding hydrogens is 513 g/mol. The number of halogens is 4. The Labute approximate surface area is 226 Å². The van der Waals surface area contributed by atoms with Gasteiger partial charge in [0.25, 0.3) is 0 Å². The van der Waals surface area contributed by atoms with Crippen LogP contribution >= 0.6 is 11.6 Å². The van der Waals surface area contributed by atoms with Crippen molar-refractivity contribution in [3.63, 3.8) is 0 Å². The van der Waals surface area contributed by atoms with Crippen LogP contribution in [0.3, 0.4) is 0 Å². The molecule has 1 aliphatic heterocycles. The third-order valence-corrected chi connectivity index (χ3v) is 7.38. The minimum Gasteiger partial charge on any atom is -0.388 e. The minimum absolute atomic E-state index is 0.0496. The molecule has 38 heavy (non-hydrogen) atoms. The van der Waals surface area contributed by atoms with Crippen LogP contribution in [-0.4, -0.2) is 35.0 Å². The fourth-order valence-corrected chi connectivity index (χ4v) is 5.12. The van der Waals surface area contributed by atoms with Gasteiger partial charge in [0.2, 0.25) is 5.91 Å². The standard InChI is InChI=1S/C30H32ClF3N2O2/c1-20-6-11-23(12-7-20)36(24-13-8-21(2)9-14-24)29(38)27(35-16-4-3-5-17-35)19-28(37)22-10-15-26(31)25(18-22)30(32,33)34/h6-15,18,27-28,37H,3-5,16-17,19H2,1-2H3. The number of hydrogen-bond donors (Lipinski definition) is 1. The molecule has 0 aromatic heterocycles. The summed E-state index contributed by atoms with van der Waals surface area (Å²) in [6.07, 6.45) is -3.12. The molecule has 0 radical (unpaired) electrons. The quantitative estimate of drug-likeness (QED) is 0.333. The first-order valence-corrected chi connectivity index (χ1v) is 13.2. The fourth-order valence-electron chi connectivity index (χ4n) is 4.89. The van der Waals surface area contributed by atoms with E-state index in [0.717, 1.165) is 42.5 Å². The Morgan fingerprint density at radius 2 is 1.45 bits per heavy atom. The van der Waals surface area contributed by atoms with Gasteiger partial charge < -0.3 is 5.11 Å². The molecule has 1 saturated heterocycles. The summed E-state index contributed by atoms with van der Waals surface area (Å²) >= 11 is 5.79. The molecule has 0 aliphatic carbocycles. The largest absolute Gasteiger partial charge is 0.417 e. The second-order valence-corrected chi connectivity index (χ2v) is 10.4. The van der Waals surface area contributed by atoms with Crippen LogP contribution in [0.1, 0.15) is 54.0 Å². The van der Waals surface area contributed by atoms with Gasteiger partial charge in [0.05, 0.1) is 22.7 Å². The van der Waals surface area contributed by atoms with Crippen molar-refractivity contribution in [3.8, 4) is 0 Å². The second-order valence-electron chi connectivity index (χ2n) is 9.95. The van der Waals surface area contributed by atoms with E-state index in [2.05, 4.69) is 0 Å². The van der Waals surface area contributed by atoms with E-state index in [1.54, 1.807) is 4.90 Å². The summed E-state index contributed by atoms with van der Waals surface area (Å²) in [4.78, 5) is 18.0. The van der Waals surface area contributed by atoms with Gasteiger partial charge in [-0.1, -0.05) is 59.5 Å². The van der Waals surface area contributed by atoms with Crippen LogP contribution in [0.15, 0.2) is 66.7 Å². The van der Waals surface area contributed by atoms with Gasteiger partial charge in [-0.15, -0.1) is 0 Å². The molecule has 2 atom stereocenters. The third-order valence-electron chi connectivity index (χ3n) is 7.05. The van der Waals surface area contributed by atoms with E-state index in [-0.39, 0.29) is 17.9 Å². The highest BCUT2D eigenvalue weighted by atomic mass is 35.5. The van der Waals surface area contributed by atoms with Crippen molar-refractivity contribution in [3.05, 3.63) is 94.0 Å². The van der Waals surface area contributed by atoms with E-state index < -0.39 is 28.9 Å². The normalized spacial score (nSPS) is 16.2. The maximum Gasteiger partial charge on any atom is 0.417 e. The molecule has 202 valence electrons. The Kier molecular flexibility index (Phi) is 8.81. The zero-order valence-corrected chi connectivity index (χ0v) is 22.3. The number of carbonyl (C=O) groups is 1. The topological polar surface area (TPSA) is 43.8 Å². The van der Waals surface area contributed by atoms with Gasteiger partial charge in [0, 0.05) is 17.8 Å². The predicted molar refractivity (Wildman–Crippen MR) is 145 cm³/mol. The maximum absolute atomic E-state index is 14.3. The zero-order chi connectivity index (χ0) is 27.4. The number of likely N-dealkylation sites (tertiary alicyclic amines) is 1. The summed E-state index contributed by atoms with van der Waals surface area (Å²) in [5.41, 5.74) is 2.55. The average Bonchev–Trinajstić information content (AvgIpc) is 2.89. The molecule has 0 saturated carbocycles. The van der Waals surface area contributed by atoms with Crippen LogP contribution in [0.4, 0.5) is 24.5 Å². The number of aliphatic hydroxyl groups excluding tert-OH is 1. The lowest BCUT2D eigenvalue weighted by Gasteiger charge is -2.38. The Hall–Kier alpha value is -2.87. The van der Waals surface area contributed by atoms with E-state index >= 15 is 0 Å². The van der Waals surface area contributed by atoms with Crippen molar-refractivity contribution in [2.75, 3.05) is 18.0 Å². The summed E-state index contributed by atoms with van der Waals surface area (Å²) in [7, 11) is 0. The van der Waals surface area contributed by atoms with E-state index in [0.29, 0.717) is 24.5 Å². The van der Waals surface area contributed by atoms with Crippen LogP contribution in [0.2, 0.25) is 5.02 Å². The van der Waals surface area contributed by atoms with Gasteiger partial charge in [-0.25, -0.2) is 0 Å². The molecule has 4 nitrogen and oxygen atoms in total. The average molecular weight is 545 g/mol. The number of rotatable bonds is 7. The lowest BCUT2D eigenvalue weighted by atomic mass is 9.96. The smallest absolute Gasteiger partial charge is 0.388 e. The number of piperidine rings is 1. The molecule has 1 N–H and O–H groups in total. The number of nitrogens with zero attached hydrogens (tertiary/aromatic N) is 2. The molecule has 1 heterocycles. The highest BCUT2D eigenvalue weighted by Crippen LogP contribution is 2.37. The lowest BCUT2D eigenvalue weighted by Crippen LogP contribution is -2.50. The predicted octanol–water partition coefficient (Wildman–Crippen LogP) is 7.62. The Morgan fingerprint density at radius 1 is 0.921 bits per heavy atom. The maximum atomic E-state index is 14.3. The van der Waals surface area contributed by atoms with Gasteiger partial charge in [0.1, 0.15) is 0 Å². The molecule has 1 amide bonds. The van der Waals surface area contributed by atoms with Crippen LogP contribution < -0.4 is 4.90 Å². The van der Waals surface area contributed by atoms with Crippen molar-refractivity contribution >= 4 is 28.9 Å². The number of carbonyl (C=O) groups excluding carboxylic acids is 1. The van der Waals surface area contributed by atoms with Crippen molar-refractivity contribution in [1.82, 2.24) is 4.90 Å². The highest BCUT2D eigenvalue weighted by Gasteiger charge is 2.36. The van der Waals surface area contributed by atoms with Gasteiger partial charge in [-0.2, -0.15) is 13.2 Å². The Balaban J connectivity index is 1.72. The van der Waals surface area contributed by atoms with E-state index in [1.165, 1.54) is 6.07 Å². The molecule has 3 aromatic rings. The third kappa shape index (κ3) is 6.57. The Morgan fingerprint density at radius 3 is 1.95 bits per heavy atom. The fraction of sp³-hybridized carbons (Fsp3) is 0.367. The number of anilines is 2. The summed E-state index contributed by atoms with van der Waals surface area (Å²) in [6, 6.07) is 17.9. The van der Waals surface area contributed by atoms with Crippen LogP contribution in [-0.2, 0) is 11.0 Å². The first-order valence-electron chi connectivity index (χ1n) is 12.8. The summed E-state index contributed by atoms with van der Waals surface area (Å²) < 4.78 is 40.4. The molecule has 1 fully saturated rings. The van der Waals surface area contributed by atoms with Gasteiger partial charge in [-0.3, -0.25) is 14.6 Å². The van der Waals surface area contributed by atoms with Crippen molar-refractivity contribution in [2.24, 2.45) is 0 Å². The minimum atomic E-state index is -4.65. The molecular formula is C30H32ClF3N2O2. The molecule has 8 heteroatoms. The van der Waals surface area contributed by atoms with Crippen molar-refractivity contribution in [2.45, 2.75) is 57.9 Å². The van der Waals surface area contributed by atoms with Crippen molar-refractivity contribution < 1.29 is 23.1 Å². The van der Waals surface area contributed by atoms with E-state index in [9.17, 15) is 23.1 Å². The SMILES string of the molecule is Cc1ccc(N(C(=O)C(CC(O)c2ccc(Cl)c(C(F)(F)F)c2)N2CCCCC2)c2ccc(C)cc2)cc1. The van der Waals surface area contributed by atoms with E-state index in [4.69, 9.17) is 11.6 Å². The number of hydrogen-bond acceptors (Lipinski definition) is 3. The summed E-state index contributed by atoms with van der Waals surface area (Å²) in [5, 5.41) is 10.7.